The molecule has 0 aliphatic carbocycles. The van der Waals surface area contributed by atoms with Crippen LogP contribution in [0.3, 0.4) is 0 Å². The highest BCUT2D eigenvalue weighted by molar-refractivity contribution is 7.39. The zero-order valence-electron chi connectivity index (χ0n) is 11.9. The molecule has 17 heavy (non-hydrogen) atoms. The zero-order chi connectivity index (χ0) is 13.1. The lowest BCUT2D eigenvalue weighted by atomic mass is 10.0. The molecule has 0 amide bonds. The largest absolute Gasteiger partial charge is 0.508 e. The first kappa shape index (κ1) is 16.8. The summed E-state index contributed by atoms with van der Waals surface area (Å²) in [5.41, 5.74) is 1.38. The smallest absolute Gasteiger partial charge is 0.146 e. The summed E-state index contributed by atoms with van der Waals surface area (Å²) in [6, 6.07) is 0. The van der Waals surface area contributed by atoms with Crippen molar-refractivity contribution < 1.29 is 9.09 Å². The second-order valence-electron chi connectivity index (χ2n) is 5.00. The number of hydrogen-bond acceptors (Lipinski definition) is 2. The fourth-order valence-corrected chi connectivity index (χ4v) is 2.62. The van der Waals surface area contributed by atoms with E-state index in [4.69, 9.17) is 4.52 Å². The van der Waals surface area contributed by atoms with Crippen LogP contribution in [0.1, 0.15) is 59.8 Å². The summed E-state index contributed by atoms with van der Waals surface area (Å²) in [6.07, 6.45) is 8.43. The third kappa shape index (κ3) is 12.1. The van der Waals surface area contributed by atoms with E-state index in [1.54, 1.807) is 0 Å². The van der Waals surface area contributed by atoms with Crippen LogP contribution in [-0.4, -0.2) is 12.8 Å². The van der Waals surface area contributed by atoms with E-state index in [-0.39, 0.29) is 0 Å². The van der Waals surface area contributed by atoms with Crippen molar-refractivity contribution in [3.63, 3.8) is 0 Å². The highest BCUT2D eigenvalue weighted by Crippen LogP contribution is 2.26. The van der Waals surface area contributed by atoms with Gasteiger partial charge in [-0.2, -0.15) is 0 Å². The molecule has 0 aliphatic rings. The molecule has 0 aromatic rings. The molecule has 2 nitrogen and oxygen atoms in total. The minimum atomic E-state index is -1.42. The maximum absolute atomic E-state index is 11.5. The minimum Gasteiger partial charge on any atom is -0.146 e. The average Bonchev–Trinajstić information content (AvgIpc) is 2.26. The van der Waals surface area contributed by atoms with E-state index in [9.17, 15) is 4.57 Å². The van der Waals surface area contributed by atoms with E-state index >= 15 is 0 Å². The Morgan fingerprint density at radius 1 is 1.35 bits per heavy atom. The third-order valence-electron chi connectivity index (χ3n) is 2.75. The second-order valence-corrected chi connectivity index (χ2v) is 6.37. The first-order valence-electron chi connectivity index (χ1n) is 6.77. The first-order chi connectivity index (χ1) is 8.06. The first-order valence-corrected chi connectivity index (χ1v) is 8.13. The van der Waals surface area contributed by atoms with Crippen LogP contribution in [0, 0.1) is 5.92 Å². The Morgan fingerprint density at radius 2 is 2.06 bits per heavy atom. The van der Waals surface area contributed by atoms with Crippen molar-refractivity contribution in [2.45, 2.75) is 59.8 Å². The van der Waals surface area contributed by atoms with E-state index in [0.717, 1.165) is 31.8 Å². The molecule has 0 aromatic carbocycles. The SMILES string of the molecule is CCCCO[P+](=O)CCC(C)CCC=C(C)C. The van der Waals surface area contributed by atoms with Gasteiger partial charge >= 0.3 is 8.03 Å². The fraction of sp³-hybridized carbons (Fsp3) is 0.857. The lowest BCUT2D eigenvalue weighted by Crippen LogP contribution is -1.97. The summed E-state index contributed by atoms with van der Waals surface area (Å²) >= 11 is 0. The normalized spacial score (nSPS) is 13.3. The van der Waals surface area contributed by atoms with Gasteiger partial charge in [-0.05, 0) is 50.0 Å². The Labute approximate surface area is 108 Å². The van der Waals surface area contributed by atoms with Crippen LogP contribution in [0.15, 0.2) is 11.6 Å². The molecule has 100 valence electrons. The monoisotopic (exact) mass is 259 g/mol. The molecular formula is C14H28O2P+. The Hall–Kier alpha value is -0.200. The third-order valence-corrected chi connectivity index (χ3v) is 3.84. The highest BCUT2D eigenvalue weighted by Gasteiger charge is 2.18. The Bertz CT molecular complexity index is 232. The minimum absolute atomic E-state index is 0.638. The quantitative estimate of drug-likeness (QED) is 0.301. The van der Waals surface area contributed by atoms with Gasteiger partial charge < -0.3 is 0 Å². The predicted octanol–water partition coefficient (Wildman–Crippen LogP) is 5.32. The molecule has 0 saturated heterocycles. The summed E-state index contributed by atoms with van der Waals surface area (Å²) in [7, 11) is -1.42. The van der Waals surface area contributed by atoms with Gasteiger partial charge in [0.15, 0.2) is 6.16 Å². The van der Waals surface area contributed by atoms with Crippen molar-refractivity contribution in [1.82, 2.24) is 0 Å². The van der Waals surface area contributed by atoms with Gasteiger partial charge in [0.2, 0.25) is 0 Å². The van der Waals surface area contributed by atoms with Crippen molar-refractivity contribution in [1.29, 1.82) is 0 Å². The standard InChI is InChI=1S/C14H28O2P/c1-5-6-11-16-17(15)12-10-14(4)9-7-8-13(2)3/h8,14H,5-7,9-12H2,1-4H3/q+1. The van der Waals surface area contributed by atoms with E-state index in [0.29, 0.717) is 12.5 Å². The Kier molecular flexibility index (Phi) is 10.8. The zero-order valence-corrected chi connectivity index (χ0v) is 12.8. The van der Waals surface area contributed by atoms with E-state index < -0.39 is 8.03 Å². The molecule has 2 unspecified atom stereocenters. The summed E-state index contributed by atoms with van der Waals surface area (Å²) in [6.45, 7) is 9.25. The van der Waals surface area contributed by atoms with Crippen LogP contribution in [-0.2, 0) is 9.09 Å². The molecule has 0 N–H and O–H groups in total. The second kappa shape index (κ2) is 10.9. The van der Waals surface area contributed by atoms with Gasteiger partial charge in [-0.15, -0.1) is 4.52 Å². The number of hydrogen-bond donors (Lipinski definition) is 0. The molecule has 0 radical (unpaired) electrons. The van der Waals surface area contributed by atoms with Crippen molar-refractivity contribution in [2.75, 3.05) is 12.8 Å². The van der Waals surface area contributed by atoms with Crippen LogP contribution >= 0.6 is 8.03 Å². The van der Waals surface area contributed by atoms with Crippen LogP contribution < -0.4 is 0 Å². The van der Waals surface area contributed by atoms with Crippen molar-refractivity contribution in [3.05, 3.63) is 11.6 Å². The van der Waals surface area contributed by atoms with Crippen molar-refractivity contribution >= 4 is 8.03 Å². The van der Waals surface area contributed by atoms with Crippen LogP contribution in [0.4, 0.5) is 0 Å². The van der Waals surface area contributed by atoms with Gasteiger partial charge in [0, 0.05) is 0 Å². The summed E-state index contributed by atoms with van der Waals surface area (Å²) in [5, 5.41) is 0. The number of rotatable bonds is 10. The number of unbranched alkanes of at least 4 members (excludes halogenated alkanes) is 1. The molecule has 0 bridgehead atoms. The van der Waals surface area contributed by atoms with Gasteiger partial charge in [-0.25, -0.2) is 0 Å². The lowest BCUT2D eigenvalue weighted by molar-refractivity contribution is 0.318. The van der Waals surface area contributed by atoms with Crippen LogP contribution in [0.25, 0.3) is 0 Å². The van der Waals surface area contributed by atoms with Crippen molar-refractivity contribution in [2.24, 2.45) is 5.92 Å². The maximum Gasteiger partial charge on any atom is 0.508 e. The molecular weight excluding hydrogens is 231 g/mol. The summed E-state index contributed by atoms with van der Waals surface area (Å²) in [4.78, 5) is 0. The van der Waals surface area contributed by atoms with Crippen LogP contribution in [0.2, 0.25) is 0 Å². The van der Waals surface area contributed by atoms with Gasteiger partial charge in [0.25, 0.3) is 0 Å². The topological polar surface area (TPSA) is 26.3 Å². The molecule has 0 rings (SSSR count). The molecule has 3 heteroatoms. The maximum atomic E-state index is 11.5. The molecule has 0 aliphatic heterocycles. The summed E-state index contributed by atoms with van der Waals surface area (Å²) < 4.78 is 16.8. The Morgan fingerprint density at radius 3 is 2.65 bits per heavy atom. The highest BCUT2D eigenvalue weighted by atomic mass is 31.1. The van der Waals surface area contributed by atoms with E-state index in [1.807, 2.05) is 0 Å². The molecule has 0 aromatic heterocycles. The number of allylic oxidation sites excluding steroid dienone is 2. The Balaban J connectivity index is 3.52. The summed E-state index contributed by atoms with van der Waals surface area (Å²) in [5.74, 6) is 0.638. The average molecular weight is 259 g/mol. The van der Waals surface area contributed by atoms with Gasteiger partial charge in [0.1, 0.15) is 6.61 Å². The van der Waals surface area contributed by atoms with Gasteiger partial charge in [0.05, 0.1) is 0 Å². The molecule has 2 atom stereocenters. The fourth-order valence-electron chi connectivity index (χ4n) is 1.50. The molecule has 0 spiro atoms. The van der Waals surface area contributed by atoms with E-state index in [2.05, 4.69) is 33.8 Å². The molecule has 0 fully saturated rings. The predicted molar refractivity (Wildman–Crippen MR) is 75.8 cm³/mol. The van der Waals surface area contributed by atoms with Crippen LogP contribution in [0.5, 0.6) is 0 Å². The van der Waals surface area contributed by atoms with Gasteiger partial charge in [-0.1, -0.05) is 31.9 Å². The van der Waals surface area contributed by atoms with Gasteiger partial charge in [-0.3, -0.25) is 0 Å². The molecule has 0 heterocycles. The lowest BCUT2D eigenvalue weighted by Gasteiger charge is -2.05. The molecule has 0 saturated carbocycles. The van der Waals surface area contributed by atoms with Crippen molar-refractivity contribution in [3.8, 4) is 0 Å². The van der Waals surface area contributed by atoms with E-state index in [1.165, 1.54) is 12.0 Å².